The summed E-state index contributed by atoms with van der Waals surface area (Å²) in [6.07, 6.45) is -4.97. The second-order valence-electron chi connectivity index (χ2n) is 4.78. The van der Waals surface area contributed by atoms with Crippen LogP contribution in [0.1, 0.15) is 0 Å². The fourth-order valence-electron chi connectivity index (χ4n) is 1.78. The van der Waals surface area contributed by atoms with Crippen LogP contribution >= 0.6 is 23.2 Å². The van der Waals surface area contributed by atoms with Crippen molar-refractivity contribution in [2.75, 3.05) is 6.61 Å². The zero-order valence-corrected chi connectivity index (χ0v) is 14.7. The van der Waals surface area contributed by atoms with Gasteiger partial charge in [0.05, 0.1) is 15.0 Å². The Labute approximate surface area is 163 Å². The summed E-state index contributed by atoms with van der Waals surface area (Å²) in [5.74, 6) is -3.43. The highest BCUT2D eigenvalue weighted by molar-refractivity contribution is 6.37. The normalized spacial score (nSPS) is 11.0. The van der Waals surface area contributed by atoms with Crippen LogP contribution in [-0.2, 0) is 4.79 Å². The molecule has 2 aromatic rings. The van der Waals surface area contributed by atoms with E-state index >= 15 is 0 Å². The van der Waals surface area contributed by atoms with Crippen molar-refractivity contribution in [3.8, 4) is 23.3 Å². The Morgan fingerprint density at radius 3 is 2.36 bits per heavy atom. The average Bonchev–Trinajstić information content (AvgIpc) is 2.54. The van der Waals surface area contributed by atoms with E-state index in [-0.39, 0.29) is 21.7 Å². The van der Waals surface area contributed by atoms with Crippen LogP contribution in [0.2, 0.25) is 10.0 Å². The highest BCUT2D eigenvalue weighted by Gasteiger charge is 2.32. The number of alkyl halides is 3. The van der Waals surface area contributed by atoms with Crippen molar-refractivity contribution in [3.05, 3.63) is 44.4 Å². The summed E-state index contributed by atoms with van der Waals surface area (Å²) in [5.41, 5.74) is -0.639. The Kier molecular flexibility index (Phi) is 6.36. The molecule has 2 rings (SSSR count). The van der Waals surface area contributed by atoms with Gasteiger partial charge in [-0.15, -0.1) is 13.2 Å². The van der Waals surface area contributed by atoms with Crippen molar-refractivity contribution < 1.29 is 42.2 Å². The molecule has 0 saturated heterocycles. The van der Waals surface area contributed by atoms with Gasteiger partial charge in [0.25, 0.3) is 5.88 Å². The van der Waals surface area contributed by atoms with E-state index in [0.717, 1.165) is 24.3 Å². The average molecular weight is 443 g/mol. The highest BCUT2D eigenvalue weighted by Crippen LogP contribution is 2.41. The SMILES string of the molecule is O=C(O)COc1nc(Oc2c(Cl)cc(OC(F)(F)F)cc2Cl)ccc1[N+](=O)[O-]. The number of hydrogen-bond donors (Lipinski definition) is 1. The zero-order valence-electron chi connectivity index (χ0n) is 13.2. The Morgan fingerprint density at radius 2 is 1.86 bits per heavy atom. The number of carboxylic acids is 1. The first-order chi connectivity index (χ1) is 13.0. The zero-order chi connectivity index (χ0) is 21.1. The van der Waals surface area contributed by atoms with Crippen LogP contribution in [-0.4, -0.2) is 34.0 Å². The molecule has 0 unspecified atom stereocenters. The molecule has 0 aliphatic carbocycles. The van der Waals surface area contributed by atoms with E-state index in [1.165, 1.54) is 0 Å². The van der Waals surface area contributed by atoms with E-state index in [9.17, 15) is 28.1 Å². The molecule has 9 nitrogen and oxygen atoms in total. The van der Waals surface area contributed by atoms with E-state index in [1.807, 2.05) is 0 Å². The molecule has 1 N–H and O–H groups in total. The van der Waals surface area contributed by atoms with E-state index in [2.05, 4.69) is 9.72 Å². The van der Waals surface area contributed by atoms with Crippen molar-refractivity contribution in [2.45, 2.75) is 6.36 Å². The van der Waals surface area contributed by atoms with Gasteiger partial charge >= 0.3 is 18.0 Å². The fraction of sp³-hybridized carbons (Fsp3) is 0.143. The number of rotatable bonds is 7. The van der Waals surface area contributed by atoms with Gasteiger partial charge in [-0.2, -0.15) is 4.98 Å². The van der Waals surface area contributed by atoms with Crippen LogP contribution in [0.3, 0.4) is 0 Å². The van der Waals surface area contributed by atoms with Crippen molar-refractivity contribution >= 4 is 34.9 Å². The summed E-state index contributed by atoms with van der Waals surface area (Å²) in [6.45, 7) is -0.914. The molecule has 0 fully saturated rings. The Bertz CT molecular complexity index is 901. The van der Waals surface area contributed by atoms with Crippen molar-refractivity contribution in [1.82, 2.24) is 4.98 Å². The number of carboxylic acid groups (broad SMARTS) is 1. The molecule has 150 valence electrons. The van der Waals surface area contributed by atoms with E-state index in [4.69, 9.17) is 37.8 Å². The first kappa shape index (κ1) is 21.3. The number of carbonyl (C=O) groups is 1. The molecule has 0 atom stereocenters. The molecule has 0 amide bonds. The molecular weight excluding hydrogens is 436 g/mol. The number of aromatic nitrogens is 1. The minimum absolute atomic E-state index is 0.316. The van der Waals surface area contributed by atoms with Gasteiger partial charge < -0.3 is 19.3 Å². The van der Waals surface area contributed by atoms with Gasteiger partial charge in [-0.05, 0) is 0 Å². The quantitative estimate of drug-likeness (QED) is 0.492. The lowest BCUT2D eigenvalue weighted by Gasteiger charge is -2.13. The molecule has 0 spiro atoms. The summed E-state index contributed by atoms with van der Waals surface area (Å²) in [7, 11) is 0. The number of benzene rings is 1. The third-order valence-corrected chi connectivity index (χ3v) is 3.32. The Hall–Kier alpha value is -2.99. The van der Waals surface area contributed by atoms with Crippen molar-refractivity contribution in [2.24, 2.45) is 0 Å². The van der Waals surface area contributed by atoms with Crippen LogP contribution in [0.5, 0.6) is 23.3 Å². The number of aliphatic carboxylic acids is 1. The summed E-state index contributed by atoms with van der Waals surface area (Å²) in [6, 6.07) is 3.51. The molecule has 28 heavy (non-hydrogen) atoms. The van der Waals surface area contributed by atoms with E-state index < -0.39 is 41.2 Å². The Balaban J connectivity index is 2.33. The lowest BCUT2D eigenvalue weighted by molar-refractivity contribution is -0.386. The van der Waals surface area contributed by atoms with Crippen LogP contribution in [0.25, 0.3) is 0 Å². The van der Waals surface area contributed by atoms with Gasteiger partial charge in [0.15, 0.2) is 12.4 Å². The second-order valence-corrected chi connectivity index (χ2v) is 5.59. The van der Waals surface area contributed by atoms with Crippen LogP contribution in [0, 0.1) is 10.1 Å². The molecule has 1 heterocycles. The van der Waals surface area contributed by atoms with Crippen LogP contribution in [0.4, 0.5) is 18.9 Å². The number of nitro groups is 1. The maximum atomic E-state index is 12.3. The van der Waals surface area contributed by atoms with Gasteiger partial charge in [0, 0.05) is 24.3 Å². The number of hydrogen-bond acceptors (Lipinski definition) is 7. The van der Waals surface area contributed by atoms with Gasteiger partial charge in [-0.25, -0.2) is 4.79 Å². The maximum absolute atomic E-state index is 12.3. The largest absolute Gasteiger partial charge is 0.573 e. The monoisotopic (exact) mass is 442 g/mol. The third kappa shape index (κ3) is 5.76. The van der Waals surface area contributed by atoms with E-state index in [1.54, 1.807) is 0 Å². The first-order valence-electron chi connectivity index (χ1n) is 6.89. The van der Waals surface area contributed by atoms with Crippen molar-refractivity contribution in [1.29, 1.82) is 0 Å². The van der Waals surface area contributed by atoms with Gasteiger partial charge in [0.2, 0.25) is 5.88 Å². The van der Waals surface area contributed by atoms with Crippen LogP contribution < -0.4 is 14.2 Å². The number of halogens is 5. The molecular formula is C14H7Cl2F3N2O7. The number of pyridine rings is 1. The predicted molar refractivity (Wildman–Crippen MR) is 87.2 cm³/mol. The number of ether oxygens (including phenoxy) is 3. The molecule has 1 aromatic carbocycles. The lowest BCUT2D eigenvalue weighted by atomic mass is 10.3. The highest BCUT2D eigenvalue weighted by atomic mass is 35.5. The third-order valence-electron chi connectivity index (χ3n) is 2.76. The van der Waals surface area contributed by atoms with Gasteiger partial charge in [0.1, 0.15) is 5.75 Å². The minimum atomic E-state index is -4.97. The van der Waals surface area contributed by atoms with Crippen molar-refractivity contribution in [3.63, 3.8) is 0 Å². The molecule has 0 radical (unpaired) electrons. The summed E-state index contributed by atoms with van der Waals surface area (Å²) in [5, 5.41) is 18.8. The fourth-order valence-corrected chi connectivity index (χ4v) is 2.32. The summed E-state index contributed by atoms with van der Waals surface area (Å²) >= 11 is 11.7. The predicted octanol–water partition coefficient (Wildman–Crippen LogP) is 4.45. The molecule has 0 aliphatic heterocycles. The van der Waals surface area contributed by atoms with Crippen LogP contribution in [0.15, 0.2) is 24.3 Å². The molecule has 14 heteroatoms. The first-order valence-corrected chi connectivity index (χ1v) is 7.64. The lowest BCUT2D eigenvalue weighted by Crippen LogP contribution is -2.17. The standard InChI is InChI=1S/C14H7Cl2F3N2O7/c15-7-3-6(28-14(17,18)19)4-8(16)12(7)27-10-2-1-9(21(24)25)13(20-10)26-5-11(22)23/h1-4H,5H2,(H,22,23). The molecule has 0 bridgehead atoms. The minimum Gasteiger partial charge on any atom is -0.479 e. The van der Waals surface area contributed by atoms with E-state index in [0.29, 0.717) is 0 Å². The summed E-state index contributed by atoms with van der Waals surface area (Å²) in [4.78, 5) is 24.3. The second kappa shape index (κ2) is 8.35. The maximum Gasteiger partial charge on any atom is 0.573 e. The molecule has 1 aromatic heterocycles. The number of nitrogens with zero attached hydrogens (tertiary/aromatic N) is 2. The van der Waals surface area contributed by atoms with Gasteiger partial charge in [-0.1, -0.05) is 23.2 Å². The smallest absolute Gasteiger partial charge is 0.479 e. The summed E-state index contributed by atoms with van der Waals surface area (Å²) < 4.78 is 50.5. The van der Waals surface area contributed by atoms with Gasteiger partial charge in [-0.3, -0.25) is 10.1 Å². The molecule has 0 aliphatic rings. The topological polar surface area (TPSA) is 121 Å². The Morgan fingerprint density at radius 1 is 1.25 bits per heavy atom. The molecule has 0 saturated carbocycles.